The maximum atomic E-state index is 11.9. The second-order valence-electron chi connectivity index (χ2n) is 8.69. The van der Waals surface area contributed by atoms with Gasteiger partial charge in [-0.1, -0.05) is 36.4 Å². The molecule has 2 aliphatic rings. The predicted octanol–water partition coefficient (Wildman–Crippen LogP) is 3.05. The van der Waals surface area contributed by atoms with Crippen molar-refractivity contribution in [2.24, 2.45) is 0 Å². The van der Waals surface area contributed by atoms with Crippen molar-refractivity contribution in [2.45, 2.75) is 51.0 Å². The molecule has 6 heteroatoms. The van der Waals surface area contributed by atoms with Gasteiger partial charge in [-0.25, -0.2) is 0 Å². The highest BCUT2D eigenvalue weighted by Crippen LogP contribution is 2.35. The van der Waals surface area contributed by atoms with Crippen molar-refractivity contribution in [1.29, 1.82) is 0 Å². The molecule has 2 aromatic rings. The predicted molar refractivity (Wildman–Crippen MR) is 114 cm³/mol. The van der Waals surface area contributed by atoms with Gasteiger partial charge in [0.2, 0.25) is 0 Å². The van der Waals surface area contributed by atoms with Crippen molar-refractivity contribution < 1.29 is 19.4 Å². The minimum Gasteiger partial charge on any atom is -0.485 e. The van der Waals surface area contributed by atoms with E-state index in [-0.39, 0.29) is 18.1 Å². The number of carbonyl (C=O) groups excluding carboxylic acids is 1. The second-order valence-corrected chi connectivity index (χ2v) is 8.69. The lowest BCUT2D eigenvalue weighted by molar-refractivity contribution is -0.137. The monoisotopic (exact) mass is 410 g/mol. The largest absolute Gasteiger partial charge is 0.485 e. The van der Waals surface area contributed by atoms with Crippen molar-refractivity contribution in [2.75, 3.05) is 19.7 Å². The quantitative estimate of drug-likeness (QED) is 0.793. The van der Waals surface area contributed by atoms with Crippen LogP contribution in [0.1, 0.15) is 43.9 Å². The number of hydrogen-bond acceptors (Lipinski definition) is 5. The number of nitrogens with zero attached hydrogens (tertiary/aromatic N) is 1. The zero-order valence-electron chi connectivity index (χ0n) is 17.6. The Kier molecular flexibility index (Phi) is 5.97. The average Bonchev–Trinajstić information content (AvgIpc) is 2.74. The van der Waals surface area contributed by atoms with Crippen LogP contribution in [0.4, 0.5) is 0 Å². The van der Waals surface area contributed by atoms with E-state index in [1.54, 1.807) is 0 Å². The van der Waals surface area contributed by atoms with Gasteiger partial charge in [0.1, 0.15) is 12.2 Å². The molecule has 1 fully saturated rings. The van der Waals surface area contributed by atoms with Gasteiger partial charge in [0.15, 0.2) is 17.6 Å². The van der Waals surface area contributed by atoms with E-state index in [2.05, 4.69) is 34.5 Å². The Hall–Kier alpha value is -2.57. The number of likely N-dealkylation sites (tertiary alicyclic amines) is 1. The van der Waals surface area contributed by atoms with Crippen LogP contribution in [0.25, 0.3) is 0 Å². The van der Waals surface area contributed by atoms with Gasteiger partial charge < -0.3 is 19.9 Å². The molecule has 0 aromatic heterocycles. The molecule has 1 saturated heterocycles. The third-order valence-corrected chi connectivity index (χ3v) is 5.74. The van der Waals surface area contributed by atoms with Crippen molar-refractivity contribution in [1.82, 2.24) is 10.2 Å². The fraction of sp³-hybridized carbons (Fsp3) is 0.458. The molecule has 1 amide bonds. The lowest BCUT2D eigenvalue weighted by Gasteiger charge is -2.33. The van der Waals surface area contributed by atoms with Gasteiger partial charge in [-0.05, 0) is 49.9 Å². The number of piperidine rings is 1. The van der Waals surface area contributed by atoms with Crippen LogP contribution in [0.3, 0.4) is 0 Å². The summed E-state index contributed by atoms with van der Waals surface area (Å²) in [5, 5.41) is 12.7. The SMILES string of the molecule is CC(C)(O)C(=O)NC1CCN(Cc2ccc(C3COc4ccccc4O3)cc2)CC1. The summed E-state index contributed by atoms with van der Waals surface area (Å²) in [4.78, 5) is 14.3. The third-order valence-electron chi connectivity index (χ3n) is 5.74. The summed E-state index contributed by atoms with van der Waals surface area (Å²) in [6, 6.07) is 16.4. The normalized spacial score (nSPS) is 20.0. The first kappa shape index (κ1) is 20.7. The van der Waals surface area contributed by atoms with Crippen LogP contribution in [0.5, 0.6) is 11.5 Å². The molecular weight excluding hydrogens is 380 g/mol. The Morgan fingerprint density at radius 3 is 2.43 bits per heavy atom. The Morgan fingerprint density at radius 2 is 1.77 bits per heavy atom. The fourth-order valence-corrected chi connectivity index (χ4v) is 3.88. The van der Waals surface area contributed by atoms with E-state index >= 15 is 0 Å². The molecule has 2 N–H and O–H groups in total. The zero-order chi connectivity index (χ0) is 21.1. The summed E-state index contributed by atoms with van der Waals surface area (Å²) in [6.45, 7) is 6.29. The second kappa shape index (κ2) is 8.66. The van der Waals surface area contributed by atoms with Crippen LogP contribution in [0, 0.1) is 0 Å². The summed E-state index contributed by atoms with van der Waals surface area (Å²) in [7, 11) is 0. The number of hydrogen-bond donors (Lipinski definition) is 2. The molecule has 6 nitrogen and oxygen atoms in total. The van der Waals surface area contributed by atoms with E-state index in [0.717, 1.165) is 49.5 Å². The van der Waals surface area contributed by atoms with Crippen LogP contribution in [-0.2, 0) is 11.3 Å². The van der Waals surface area contributed by atoms with Crippen molar-refractivity contribution >= 4 is 5.91 Å². The van der Waals surface area contributed by atoms with Gasteiger partial charge in [-0.2, -0.15) is 0 Å². The molecule has 30 heavy (non-hydrogen) atoms. The molecule has 0 aliphatic carbocycles. The Bertz CT molecular complexity index is 868. The van der Waals surface area contributed by atoms with Gasteiger partial charge in [-0.15, -0.1) is 0 Å². The molecule has 0 saturated carbocycles. The van der Waals surface area contributed by atoms with Gasteiger partial charge in [-0.3, -0.25) is 9.69 Å². The van der Waals surface area contributed by atoms with E-state index in [9.17, 15) is 9.90 Å². The smallest absolute Gasteiger partial charge is 0.251 e. The van der Waals surface area contributed by atoms with Crippen LogP contribution >= 0.6 is 0 Å². The highest BCUT2D eigenvalue weighted by Gasteiger charge is 2.28. The molecule has 0 spiro atoms. The number of rotatable bonds is 5. The standard InChI is InChI=1S/C24H30N2O4/c1-24(2,28)23(27)25-19-11-13-26(14-12-19)15-17-7-9-18(10-8-17)22-16-29-20-5-3-4-6-21(20)30-22/h3-10,19,22,28H,11-16H2,1-2H3,(H,25,27). The van der Waals surface area contributed by atoms with Gasteiger partial charge in [0.25, 0.3) is 5.91 Å². The molecule has 160 valence electrons. The average molecular weight is 411 g/mol. The Labute approximate surface area is 177 Å². The maximum Gasteiger partial charge on any atom is 0.251 e. The van der Waals surface area contributed by atoms with E-state index in [4.69, 9.17) is 9.47 Å². The van der Waals surface area contributed by atoms with Crippen LogP contribution in [-0.4, -0.2) is 47.3 Å². The van der Waals surface area contributed by atoms with Gasteiger partial charge in [0.05, 0.1) is 0 Å². The number of fused-ring (bicyclic) bond motifs is 1. The number of aliphatic hydroxyl groups is 1. The topological polar surface area (TPSA) is 71.0 Å². The fourth-order valence-electron chi connectivity index (χ4n) is 3.88. The summed E-state index contributed by atoms with van der Waals surface area (Å²) < 4.78 is 11.9. The Balaban J connectivity index is 1.27. The number of para-hydroxylation sites is 2. The van der Waals surface area contributed by atoms with Crippen molar-refractivity contribution in [3.05, 3.63) is 59.7 Å². The molecule has 1 atom stereocenters. The van der Waals surface area contributed by atoms with E-state index < -0.39 is 5.60 Å². The lowest BCUT2D eigenvalue weighted by Crippen LogP contribution is -2.50. The first-order valence-electron chi connectivity index (χ1n) is 10.6. The molecule has 2 aromatic carbocycles. The van der Waals surface area contributed by atoms with E-state index in [1.807, 2.05) is 24.3 Å². The molecule has 0 radical (unpaired) electrons. The molecule has 4 rings (SSSR count). The number of benzene rings is 2. The zero-order valence-corrected chi connectivity index (χ0v) is 17.6. The van der Waals surface area contributed by atoms with Gasteiger partial charge in [0, 0.05) is 25.7 Å². The lowest BCUT2D eigenvalue weighted by atomic mass is 10.0. The molecular formula is C24H30N2O4. The highest BCUT2D eigenvalue weighted by atomic mass is 16.6. The minimum absolute atomic E-state index is 0.0934. The summed E-state index contributed by atoms with van der Waals surface area (Å²) >= 11 is 0. The molecule has 2 aliphatic heterocycles. The number of ether oxygens (including phenoxy) is 2. The van der Waals surface area contributed by atoms with E-state index in [1.165, 1.54) is 19.4 Å². The number of carbonyl (C=O) groups is 1. The van der Waals surface area contributed by atoms with Gasteiger partial charge >= 0.3 is 0 Å². The first-order valence-corrected chi connectivity index (χ1v) is 10.6. The number of amides is 1. The van der Waals surface area contributed by atoms with E-state index in [0.29, 0.717) is 6.61 Å². The van der Waals surface area contributed by atoms with Crippen LogP contribution < -0.4 is 14.8 Å². The van der Waals surface area contributed by atoms with Crippen molar-refractivity contribution in [3.8, 4) is 11.5 Å². The first-order chi connectivity index (χ1) is 14.4. The number of nitrogens with one attached hydrogen (secondary N) is 1. The third kappa shape index (κ3) is 4.94. The molecule has 0 bridgehead atoms. The Morgan fingerprint density at radius 1 is 1.10 bits per heavy atom. The highest BCUT2D eigenvalue weighted by molar-refractivity contribution is 5.84. The maximum absolute atomic E-state index is 11.9. The summed E-state index contributed by atoms with van der Waals surface area (Å²) in [6.07, 6.45) is 1.70. The summed E-state index contributed by atoms with van der Waals surface area (Å²) in [5.74, 6) is 1.29. The summed E-state index contributed by atoms with van der Waals surface area (Å²) in [5.41, 5.74) is 1.05. The molecule has 2 heterocycles. The van der Waals surface area contributed by atoms with Crippen LogP contribution in [0.2, 0.25) is 0 Å². The minimum atomic E-state index is -1.33. The van der Waals surface area contributed by atoms with Crippen molar-refractivity contribution in [3.63, 3.8) is 0 Å². The van der Waals surface area contributed by atoms with Crippen LogP contribution in [0.15, 0.2) is 48.5 Å². The molecule has 1 unspecified atom stereocenters.